The van der Waals surface area contributed by atoms with E-state index in [4.69, 9.17) is 4.74 Å². The third-order valence-corrected chi connectivity index (χ3v) is 8.46. The molecule has 1 aliphatic rings. The van der Waals surface area contributed by atoms with Crippen molar-refractivity contribution in [2.75, 3.05) is 52.7 Å². The van der Waals surface area contributed by atoms with Gasteiger partial charge in [-0.15, -0.1) is 0 Å². The number of amides is 2. The average molecular weight is 565 g/mol. The van der Waals surface area contributed by atoms with Crippen LogP contribution in [0.25, 0.3) is 0 Å². The summed E-state index contributed by atoms with van der Waals surface area (Å²) < 4.78 is 35.3. The molecule has 39 heavy (non-hydrogen) atoms. The van der Waals surface area contributed by atoms with E-state index in [1.165, 1.54) is 23.9 Å². The number of benzene rings is 1. The van der Waals surface area contributed by atoms with Crippen LogP contribution in [0.3, 0.4) is 0 Å². The maximum atomic E-state index is 13.6. The Kier molecular flexibility index (Phi) is 10.1. The number of nitrogens with zero attached hydrogens (tertiary/aromatic N) is 5. The van der Waals surface area contributed by atoms with Crippen molar-refractivity contribution in [3.63, 3.8) is 0 Å². The SMILES string of the molecule is C[C@@H]1CN([C@@H](C)CO)C(=O)c2cc(NC(=O)CCCN(C)C)ccc2O[C@H]1CN(C)S(=O)(=O)c1cn(C)cn1. The van der Waals surface area contributed by atoms with Crippen LogP contribution in [0, 0.1) is 5.92 Å². The Morgan fingerprint density at radius 2 is 2.03 bits per heavy atom. The van der Waals surface area contributed by atoms with Crippen LogP contribution in [-0.4, -0.2) is 109 Å². The highest BCUT2D eigenvalue weighted by molar-refractivity contribution is 7.89. The number of carbonyl (C=O) groups excluding carboxylic acids is 2. The Morgan fingerprint density at radius 1 is 1.31 bits per heavy atom. The lowest BCUT2D eigenvalue weighted by Crippen LogP contribution is -2.50. The first-order valence-electron chi connectivity index (χ1n) is 12.9. The number of aliphatic hydroxyl groups excluding tert-OH is 1. The van der Waals surface area contributed by atoms with E-state index in [0.29, 0.717) is 18.5 Å². The fourth-order valence-corrected chi connectivity index (χ4v) is 5.47. The van der Waals surface area contributed by atoms with E-state index < -0.39 is 22.2 Å². The minimum atomic E-state index is -3.87. The van der Waals surface area contributed by atoms with E-state index in [-0.39, 0.29) is 53.8 Å². The van der Waals surface area contributed by atoms with Gasteiger partial charge in [0.05, 0.1) is 31.1 Å². The molecule has 2 N–H and O–H groups in total. The molecule has 0 spiro atoms. The van der Waals surface area contributed by atoms with Gasteiger partial charge in [0.2, 0.25) is 5.91 Å². The van der Waals surface area contributed by atoms with E-state index in [1.807, 2.05) is 25.9 Å². The Bertz CT molecular complexity index is 1260. The van der Waals surface area contributed by atoms with Crippen molar-refractivity contribution >= 4 is 27.5 Å². The summed E-state index contributed by atoms with van der Waals surface area (Å²) in [7, 11) is 3.17. The van der Waals surface area contributed by atoms with Gasteiger partial charge >= 0.3 is 0 Å². The molecule has 3 rings (SSSR count). The monoisotopic (exact) mass is 564 g/mol. The molecule has 0 radical (unpaired) electrons. The van der Waals surface area contributed by atoms with E-state index in [2.05, 4.69) is 10.3 Å². The van der Waals surface area contributed by atoms with Gasteiger partial charge < -0.3 is 29.5 Å². The number of rotatable bonds is 11. The molecule has 2 heterocycles. The number of ether oxygens (including phenoxy) is 1. The molecule has 0 bridgehead atoms. The van der Waals surface area contributed by atoms with Gasteiger partial charge in [0, 0.05) is 44.9 Å². The zero-order chi connectivity index (χ0) is 28.9. The van der Waals surface area contributed by atoms with E-state index in [0.717, 1.165) is 6.54 Å². The quantitative estimate of drug-likeness (QED) is 0.416. The first-order chi connectivity index (χ1) is 18.3. The van der Waals surface area contributed by atoms with Gasteiger partial charge in [-0.1, -0.05) is 6.92 Å². The minimum Gasteiger partial charge on any atom is -0.488 e. The standard InChI is InChI=1S/C26H40N6O6S/c1-18-13-32(19(2)16-33)26(35)21-12-20(28-24(34)8-7-11-29(3)4)9-10-22(21)38-23(18)14-31(6)39(36,37)25-15-30(5)17-27-25/h9-10,12,15,17-19,23,33H,7-8,11,13-14,16H2,1-6H3,(H,28,34)/t18-,19+,23+/m1/s1. The number of sulfonamides is 1. The lowest BCUT2D eigenvalue weighted by molar-refractivity contribution is -0.116. The van der Waals surface area contributed by atoms with Crippen molar-refractivity contribution in [2.24, 2.45) is 13.0 Å². The molecule has 2 aromatic rings. The highest BCUT2D eigenvalue weighted by atomic mass is 32.2. The second kappa shape index (κ2) is 12.9. The summed E-state index contributed by atoms with van der Waals surface area (Å²) in [6.45, 7) is 4.42. The van der Waals surface area contributed by atoms with Crippen molar-refractivity contribution in [3.8, 4) is 5.75 Å². The summed E-state index contributed by atoms with van der Waals surface area (Å²) in [4.78, 5) is 33.6. The van der Waals surface area contributed by atoms with Crippen LogP contribution in [0.5, 0.6) is 5.75 Å². The predicted molar refractivity (Wildman–Crippen MR) is 147 cm³/mol. The van der Waals surface area contributed by atoms with Gasteiger partial charge in [0.25, 0.3) is 15.9 Å². The van der Waals surface area contributed by atoms with Crippen LogP contribution in [-0.2, 0) is 21.9 Å². The summed E-state index contributed by atoms with van der Waals surface area (Å²) in [5.41, 5.74) is 0.686. The molecule has 13 heteroatoms. The first kappa shape index (κ1) is 30.5. The molecule has 1 aromatic carbocycles. The Labute approximate surface area is 230 Å². The number of aromatic nitrogens is 2. The Morgan fingerprint density at radius 3 is 2.64 bits per heavy atom. The number of likely N-dealkylation sites (N-methyl/N-ethyl adjacent to an activating group) is 1. The molecule has 1 aliphatic heterocycles. The molecule has 2 amide bonds. The zero-order valence-electron chi connectivity index (χ0n) is 23.5. The summed E-state index contributed by atoms with van der Waals surface area (Å²) in [6.07, 6.45) is 3.28. The number of aryl methyl sites for hydroxylation is 1. The summed E-state index contributed by atoms with van der Waals surface area (Å²) in [5.74, 6) is -0.492. The van der Waals surface area contributed by atoms with Gasteiger partial charge in [-0.25, -0.2) is 13.4 Å². The highest BCUT2D eigenvalue weighted by Gasteiger charge is 2.35. The maximum Gasteiger partial charge on any atom is 0.261 e. The number of anilines is 1. The van der Waals surface area contributed by atoms with Crippen molar-refractivity contribution in [3.05, 3.63) is 36.3 Å². The number of carbonyl (C=O) groups is 2. The molecule has 216 valence electrons. The molecular weight excluding hydrogens is 524 g/mol. The normalized spacial score (nSPS) is 18.9. The molecule has 3 atom stereocenters. The summed E-state index contributed by atoms with van der Waals surface area (Å²) in [5, 5.41) is 12.6. The van der Waals surface area contributed by atoms with Crippen LogP contribution in [0.4, 0.5) is 5.69 Å². The predicted octanol–water partition coefficient (Wildman–Crippen LogP) is 1.24. The van der Waals surface area contributed by atoms with Crippen LogP contribution in [0.1, 0.15) is 37.0 Å². The smallest absolute Gasteiger partial charge is 0.261 e. The molecule has 0 unspecified atom stereocenters. The zero-order valence-corrected chi connectivity index (χ0v) is 24.3. The van der Waals surface area contributed by atoms with Crippen molar-refractivity contribution in [1.29, 1.82) is 0 Å². The van der Waals surface area contributed by atoms with Crippen LogP contribution in [0.15, 0.2) is 35.7 Å². The second-order valence-electron chi connectivity index (χ2n) is 10.5. The first-order valence-corrected chi connectivity index (χ1v) is 14.4. The highest BCUT2D eigenvalue weighted by Crippen LogP contribution is 2.31. The summed E-state index contributed by atoms with van der Waals surface area (Å²) >= 11 is 0. The molecule has 0 aliphatic carbocycles. The van der Waals surface area contributed by atoms with Gasteiger partial charge in [0.15, 0.2) is 5.03 Å². The topological polar surface area (TPSA) is 137 Å². The average Bonchev–Trinajstić information content (AvgIpc) is 3.32. The van der Waals surface area contributed by atoms with Crippen molar-refractivity contribution in [1.82, 2.24) is 23.7 Å². The Balaban J connectivity index is 1.89. The summed E-state index contributed by atoms with van der Waals surface area (Å²) in [6, 6.07) is 4.36. The van der Waals surface area contributed by atoms with E-state index >= 15 is 0 Å². The third kappa shape index (κ3) is 7.56. The van der Waals surface area contributed by atoms with E-state index in [9.17, 15) is 23.1 Å². The van der Waals surface area contributed by atoms with Gasteiger partial charge in [-0.3, -0.25) is 9.59 Å². The lowest BCUT2D eigenvalue weighted by atomic mass is 9.99. The number of hydrogen-bond donors (Lipinski definition) is 2. The molecule has 0 saturated carbocycles. The molecule has 12 nitrogen and oxygen atoms in total. The number of fused-ring (bicyclic) bond motifs is 1. The van der Waals surface area contributed by atoms with Crippen LogP contribution >= 0.6 is 0 Å². The van der Waals surface area contributed by atoms with Gasteiger partial charge in [-0.05, 0) is 52.2 Å². The largest absolute Gasteiger partial charge is 0.488 e. The number of aliphatic hydroxyl groups is 1. The van der Waals surface area contributed by atoms with Crippen molar-refractivity contribution < 1.29 is 27.9 Å². The number of hydrogen-bond acceptors (Lipinski definition) is 8. The number of imidazole rings is 1. The molecule has 1 aromatic heterocycles. The molecule has 0 saturated heterocycles. The second-order valence-corrected chi connectivity index (χ2v) is 12.4. The third-order valence-electron chi connectivity index (χ3n) is 6.75. The fourth-order valence-electron chi connectivity index (χ4n) is 4.33. The van der Waals surface area contributed by atoms with Crippen LogP contribution in [0.2, 0.25) is 0 Å². The van der Waals surface area contributed by atoms with Gasteiger partial charge in [0.1, 0.15) is 11.9 Å². The Hall–Kier alpha value is -3.00. The minimum absolute atomic E-state index is 0.0133. The van der Waals surface area contributed by atoms with Crippen LogP contribution < -0.4 is 10.1 Å². The van der Waals surface area contributed by atoms with Crippen molar-refractivity contribution in [2.45, 2.75) is 43.9 Å². The maximum absolute atomic E-state index is 13.6. The van der Waals surface area contributed by atoms with Gasteiger partial charge in [-0.2, -0.15) is 4.31 Å². The van der Waals surface area contributed by atoms with E-state index in [1.54, 1.807) is 41.6 Å². The lowest BCUT2D eigenvalue weighted by Gasteiger charge is -2.38. The molecule has 0 fully saturated rings. The molecular formula is C26H40N6O6S. The number of nitrogens with one attached hydrogen (secondary N) is 1. The fraction of sp³-hybridized carbons (Fsp3) is 0.577.